The molecule has 22 nitrogen and oxygen atoms in total. The van der Waals surface area contributed by atoms with Crippen molar-refractivity contribution < 1.29 is 95.3 Å². The van der Waals surface area contributed by atoms with Gasteiger partial charge in [-0.1, -0.05) is 0 Å². The predicted molar refractivity (Wildman–Crippen MR) is 185 cm³/mol. The maximum atomic E-state index is 13.5. The Kier molecular flexibility index (Phi) is 16.6. The van der Waals surface area contributed by atoms with Gasteiger partial charge in [-0.05, 0) is 24.3 Å². The van der Waals surface area contributed by atoms with Crippen LogP contribution in [0.15, 0.2) is 24.3 Å². The number of rotatable bonds is 14. The summed E-state index contributed by atoms with van der Waals surface area (Å²) in [5.74, 6) is -8.45. The normalized spacial score (nSPS) is 26.3. The zero-order valence-corrected chi connectivity index (χ0v) is 32.7. The Morgan fingerprint density at radius 2 is 0.672 bits per heavy atom. The van der Waals surface area contributed by atoms with E-state index in [0.717, 1.165) is 55.4 Å². The van der Waals surface area contributed by atoms with E-state index in [0.29, 0.717) is 0 Å². The lowest BCUT2D eigenvalue weighted by molar-refractivity contribution is -0.255. The highest BCUT2D eigenvalue weighted by atomic mass is 16.7. The van der Waals surface area contributed by atoms with Crippen molar-refractivity contribution in [1.29, 1.82) is 0 Å². The molecule has 2 N–H and O–H groups in total. The number of ether oxygens (including phenoxy) is 10. The van der Waals surface area contributed by atoms with Crippen LogP contribution < -0.4 is 10.6 Å². The van der Waals surface area contributed by atoms with Gasteiger partial charge in [0.2, 0.25) is 0 Å². The third-order valence-electron chi connectivity index (χ3n) is 7.94. The molecule has 2 aliphatic heterocycles. The van der Waals surface area contributed by atoms with Gasteiger partial charge in [0.25, 0.3) is 11.8 Å². The molecule has 0 radical (unpaired) electrons. The lowest BCUT2D eigenvalue weighted by Gasteiger charge is -2.44. The van der Waals surface area contributed by atoms with E-state index in [-0.39, 0.29) is 11.1 Å². The second-order valence-corrected chi connectivity index (χ2v) is 12.8. The molecule has 0 aliphatic carbocycles. The molecule has 1 aromatic rings. The summed E-state index contributed by atoms with van der Waals surface area (Å²) < 4.78 is 54.0. The van der Waals surface area contributed by atoms with E-state index >= 15 is 0 Å². The van der Waals surface area contributed by atoms with Crippen LogP contribution in [0.2, 0.25) is 0 Å². The van der Waals surface area contributed by atoms with Gasteiger partial charge in [-0.2, -0.15) is 0 Å². The lowest BCUT2D eigenvalue weighted by Crippen LogP contribution is -2.66. The average molecular weight is 825 g/mol. The third-order valence-corrected chi connectivity index (χ3v) is 7.94. The van der Waals surface area contributed by atoms with Crippen LogP contribution in [0.4, 0.5) is 0 Å². The molecule has 3 rings (SSSR count). The van der Waals surface area contributed by atoms with Crippen LogP contribution in [0.25, 0.3) is 0 Å². The first-order valence-corrected chi connectivity index (χ1v) is 17.5. The molecule has 2 aliphatic rings. The van der Waals surface area contributed by atoms with Crippen molar-refractivity contribution in [2.24, 2.45) is 0 Å². The highest BCUT2D eigenvalue weighted by Gasteiger charge is 2.54. The minimum atomic E-state index is -1.59. The maximum Gasteiger partial charge on any atom is 0.303 e. The molecule has 1 aromatic carbocycles. The molecule has 2 amide bonds. The summed E-state index contributed by atoms with van der Waals surface area (Å²) in [6, 6.07) is 4.84. The van der Waals surface area contributed by atoms with Crippen LogP contribution in [-0.2, 0) is 85.7 Å². The highest BCUT2D eigenvalue weighted by molar-refractivity contribution is 5.98. The smallest absolute Gasteiger partial charge is 0.303 e. The SMILES string of the molecule is CC(=O)OC[C@H]1O[C@@H](NC(=O)c2ccc(C(=O)N[C@@H]3O[C@H](COC(C)=O)[C@H](OC(C)=O)[C@H](OC(C)=O)[C@H]3OC(C)=O)cc2)[C@H](OC(C)=O)[C@@H](OC(C)=O)[C@H]1OC(C)=O. The van der Waals surface area contributed by atoms with Crippen LogP contribution in [0.1, 0.15) is 76.1 Å². The molecule has 0 aromatic heterocycles. The van der Waals surface area contributed by atoms with Crippen molar-refractivity contribution in [3.05, 3.63) is 35.4 Å². The fourth-order valence-corrected chi connectivity index (χ4v) is 5.89. The Bertz CT molecular complexity index is 1620. The van der Waals surface area contributed by atoms with Gasteiger partial charge in [-0.15, -0.1) is 0 Å². The fourth-order valence-electron chi connectivity index (χ4n) is 5.89. The van der Waals surface area contributed by atoms with Crippen molar-refractivity contribution in [2.45, 2.75) is 117 Å². The number of amides is 2. The van der Waals surface area contributed by atoms with Crippen LogP contribution >= 0.6 is 0 Å². The lowest BCUT2D eigenvalue weighted by atomic mass is 9.96. The second kappa shape index (κ2) is 20.8. The van der Waals surface area contributed by atoms with Gasteiger partial charge in [0, 0.05) is 66.5 Å². The van der Waals surface area contributed by atoms with Gasteiger partial charge < -0.3 is 58.0 Å². The summed E-state index contributed by atoms with van der Waals surface area (Å²) in [5, 5.41) is 4.99. The summed E-state index contributed by atoms with van der Waals surface area (Å²) >= 11 is 0. The summed E-state index contributed by atoms with van der Waals surface area (Å²) in [5.41, 5.74) is -0.173. The first-order valence-electron chi connectivity index (χ1n) is 17.5. The van der Waals surface area contributed by atoms with Crippen LogP contribution in [0.5, 0.6) is 0 Å². The minimum Gasteiger partial charge on any atom is -0.463 e. The van der Waals surface area contributed by atoms with Gasteiger partial charge in [0.15, 0.2) is 49.1 Å². The van der Waals surface area contributed by atoms with Crippen molar-refractivity contribution in [3.63, 3.8) is 0 Å². The minimum absolute atomic E-state index is 0.0864. The third kappa shape index (κ3) is 13.5. The maximum absolute atomic E-state index is 13.5. The number of benzene rings is 1. The Balaban J connectivity index is 1.91. The van der Waals surface area contributed by atoms with Crippen molar-refractivity contribution in [3.8, 4) is 0 Å². The summed E-state index contributed by atoms with van der Waals surface area (Å²) in [7, 11) is 0. The van der Waals surface area contributed by atoms with Crippen molar-refractivity contribution >= 4 is 59.6 Å². The molecule has 318 valence electrons. The highest BCUT2D eigenvalue weighted by Crippen LogP contribution is 2.30. The van der Waals surface area contributed by atoms with Gasteiger partial charge in [-0.25, -0.2) is 0 Å². The molecule has 0 unspecified atom stereocenters. The monoisotopic (exact) mass is 824 g/mol. The first kappa shape index (κ1) is 46.2. The number of esters is 8. The Morgan fingerprint density at radius 3 is 0.931 bits per heavy atom. The standard InChI is InChI=1S/C36H44N2O20/c1-15(39)49-13-25-27(51-17(3)41)29(53-19(5)43)31(55-21(7)45)35(57-25)37-33(47)23-9-11-24(12-10-23)34(48)38-36-32(56-22(8)46)30(54-20(6)44)28(52-18(4)42)26(58-36)14-50-16(2)40/h9-12,25-32,35-36H,13-14H2,1-8H3,(H,37,47)(H,38,48)/t25-,26-,27+,28+,29+,30+,31-,32-,35-,36-/m1/s1. The molecule has 0 spiro atoms. The molecular weight excluding hydrogens is 780 g/mol. The number of carbonyl (C=O) groups excluding carboxylic acids is 10. The van der Waals surface area contributed by atoms with Crippen LogP contribution in [-0.4, -0.2) is 134 Å². The molecule has 22 heteroatoms. The molecule has 10 atom stereocenters. The zero-order valence-electron chi connectivity index (χ0n) is 32.7. The van der Waals surface area contributed by atoms with Gasteiger partial charge >= 0.3 is 47.8 Å². The largest absolute Gasteiger partial charge is 0.463 e. The van der Waals surface area contributed by atoms with E-state index in [2.05, 4.69) is 10.6 Å². The average Bonchev–Trinajstić information content (AvgIpc) is 3.10. The van der Waals surface area contributed by atoms with Gasteiger partial charge in [0.05, 0.1) is 0 Å². The van der Waals surface area contributed by atoms with E-state index in [1.165, 1.54) is 24.3 Å². The van der Waals surface area contributed by atoms with Crippen molar-refractivity contribution in [2.75, 3.05) is 13.2 Å². The van der Waals surface area contributed by atoms with E-state index in [4.69, 9.17) is 47.4 Å². The summed E-state index contributed by atoms with van der Waals surface area (Å²) in [6.07, 6.45) is -15.0. The topological polar surface area (TPSA) is 287 Å². The molecule has 2 fully saturated rings. The molecule has 58 heavy (non-hydrogen) atoms. The second-order valence-electron chi connectivity index (χ2n) is 12.8. The van der Waals surface area contributed by atoms with Crippen LogP contribution in [0.3, 0.4) is 0 Å². The van der Waals surface area contributed by atoms with Crippen molar-refractivity contribution in [1.82, 2.24) is 10.6 Å². The number of hydrogen-bond donors (Lipinski definition) is 2. The van der Waals surface area contributed by atoms with E-state index in [9.17, 15) is 47.9 Å². The molecular formula is C36H44N2O20. The molecule has 2 saturated heterocycles. The quantitative estimate of drug-likeness (QED) is 0.173. The van der Waals surface area contributed by atoms with Gasteiger partial charge in [0.1, 0.15) is 25.4 Å². The molecule has 0 saturated carbocycles. The predicted octanol–water partition coefficient (Wildman–Crippen LogP) is -0.688. The Labute approximate surface area is 330 Å². The van der Waals surface area contributed by atoms with Gasteiger partial charge in [-0.3, -0.25) is 47.9 Å². The zero-order chi connectivity index (χ0) is 43.4. The van der Waals surface area contributed by atoms with Crippen LogP contribution in [0, 0.1) is 0 Å². The number of hydrogen-bond acceptors (Lipinski definition) is 20. The molecule has 0 bridgehead atoms. The fraction of sp³-hybridized carbons (Fsp3) is 0.556. The summed E-state index contributed by atoms with van der Waals surface area (Å²) in [4.78, 5) is 123. The summed E-state index contributed by atoms with van der Waals surface area (Å²) in [6.45, 7) is 7.36. The number of nitrogens with one attached hydrogen (secondary N) is 2. The van der Waals surface area contributed by atoms with E-state index < -0.39 is 134 Å². The van der Waals surface area contributed by atoms with E-state index in [1.54, 1.807) is 0 Å². The first-order chi connectivity index (χ1) is 27.2. The Morgan fingerprint density at radius 1 is 0.414 bits per heavy atom. The molecule has 2 heterocycles. The Hall–Kier alpha value is -6.16. The van der Waals surface area contributed by atoms with E-state index in [1.807, 2.05) is 0 Å². The number of carbonyl (C=O) groups is 10.